The van der Waals surface area contributed by atoms with E-state index in [1.807, 2.05) is 6.07 Å². The summed E-state index contributed by atoms with van der Waals surface area (Å²) in [6, 6.07) is 10.4. The summed E-state index contributed by atoms with van der Waals surface area (Å²) < 4.78 is 9.20. The first-order valence-electron chi connectivity index (χ1n) is 7.69. The second-order valence-electron chi connectivity index (χ2n) is 5.65. The number of aromatic nitrogens is 1. The third kappa shape index (κ3) is 3.55. The molecule has 0 bridgehead atoms. The van der Waals surface area contributed by atoms with Crippen LogP contribution >= 0.6 is 27.3 Å². The Labute approximate surface area is 153 Å². The largest absolute Gasteiger partial charge is 0.383 e. The number of carbonyl (C=O) groups excluding carboxylic acids is 1. The van der Waals surface area contributed by atoms with Gasteiger partial charge in [0.25, 0.3) is 5.91 Å². The first kappa shape index (κ1) is 17.2. The summed E-state index contributed by atoms with van der Waals surface area (Å²) in [4.78, 5) is 12.6. The Balaban J connectivity index is 1.96. The van der Waals surface area contributed by atoms with Gasteiger partial charge in [0.1, 0.15) is 5.69 Å². The molecule has 3 rings (SSSR count). The number of amides is 1. The van der Waals surface area contributed by atoms with E-state index in [9.17, 15) is 4.79 Å². The SMILES string of the molecule is COCCNC(=O)c1cc2scc(Br)c2n1Cc1ccc(C)cc1. The van der Waals surface area contributed by atoms with Crippen LogP contribution in [0.15, 0.2) is 40.2 Å². The highest BCUT2D eigenvalue weighted by Gasteiger charge is 2.18. The van der Waals surface area contributed by atoms with Crippen LogP contribution in [0.25, 0.3) is 10.2 Å². The summed E-state index contributed by atoms with van der Waals surface area (Å²) in [5.41, 5.74) is 4.14. The van der Waals surface area contributed by atoms with Crippen LogP contribution in [0.1, 0.15) is 21.6 Å². The van der Waals surface area contributed by atoms with Crippen molar-refractivity contribution in [3.05, 3.63) is 57.0 Å². The lowest BCUT2D eigenvalue weighted by atomic mass is 10.1. The Morgan fingerprint density at radius 3 is 2.79 bits per heavy atom. The zero-order chi connectivity index (χ0) is 17.1. The fraction of sp³-hybridized carbons (Fsp3) is 0.278. The van der Waals surface area contributed by atoms with Gasteiger partial charge in [-0.05, 0) is 34.5 Å². The topological polar surface area (TPSA) is 43.3 Å². The quantitative estimate of drug-likeness (QED) is 0.623. The van der Waals surface area contributed by atoms with Crippen LogP contribution in [-0.4, -0.2) is 30.7 Å². The highest BCUT2D eigenvalue weighted by Crippen LogP contribution is 2.33. The van der Waals surface area contributed by atoms with Gasteiger partial charge in [0.15, 0.2) is 0 Å². The number of ether oxygens (including phenoxy) is 1. The van der Waals surface area contributed by atoms with Crippen molar-refractivity contribution < 1.29 is 9.53 Å². The molecular weight excluding hydrogens is 388 g/mol. The van der Waals surface area contributed by atoms with E-state index in [1.165, 1.54) is 11.1 Å². The van der Waals surface area contributed by atoms with Crippen molar-refractivity contribution in [2.75, 3.05) is 20.3 Å². The van der Waals surface area contributed by atoms with Crippen LogP contribution in [0.4, 0.5) is 0 Å². The third-order valence-corrected chi connectivity index (χ3v) is 5.69. The predicted octanol–water partition coefficient (Wildman–Crippen LogP) is 4.20. The van der Waals surface area contributed by atoms with Crippen molar-refractivity contribution in [1.82, 2.24) is 9.88 Å². The Hall–Kier alpha value is -1.63. The van der Waals surface area contributed by atoms with Crippen LogP contribution in [0, 0.1) is 6.92 Å². The van der Waals surface area contributed by atoms with Crippen LogP contribution in [0.2, 0.25) is 0 Å². The number of benzene rings is 1. The van der Waals surface area contributed by atoms with Gasteiger partial charge in [-0.2, -0.15) is 0 Å². The van der Waals surface area contributed by atoms with E-state index in [2.05, 4.69) is 62.4 Å². The maximum absolute atomic E-state index is 12.6. The number of methoxy groups -OCH3 is 1. The highest BCUT2D eigenvalue weighted by atomic mass is 79.9. The number of aryl methyl sites for hydroxylation is 1. The summed E-state index contributed by atoms with van der Waals surface area (Å²) >= 11 is 5.24. The normalized spacial score (nSPS) is 11.1. The summed E-state index contributed by atoms with van der Waals surface area (Å²) in [5, 5.41) is 4.97. The number of rotatable bonds is 6. The molecule has 0 aliphatic rings. The molecule has 0 unspecified atom stereocenters. The number of carbonyl (C=O) groups is 1. The van der Waals surface area contributed by atoms with Gasteiger partial charge in [-0.25, -0.2) is 0 Å². The average Bonchev–Trinajstić information content (AvgIpc) is 3.11. The van der Waals surface area contributed by atoms with E-state index in [1.54, 1.807) is 18.4 Å². The molecule has 0 saturated carbocycles. The molecule has 6 heteroatoms. The average molecular weight is 407 g/mol. The zero-order valence-corrected chi connectivity index (χ0v) is 16.0. The summed E-state index contributed by atoms with van der Waals surface area (Å²) in [7, 11) is 1.62. The monoisotopic (exact) mass is 406 g/mol. The maximum Gasteiger partial charge on any atom is 0.268 e. The van der Waals surface area contributed by atoms with Gasteiger partial charge >= 0.3 is 0 Å². The van der Waals surface area contributed by atoms with Crippen LogP contribution in [0.5, 0.6) is 0 Å². The summed E-state index contributed by atoms with van der Waals surface area (Å²) in [6.07, 6.45) is 0. The molecule has 0 aliphatic heterocycles. The Morgan fingerprint density at radius 2 is 2.08 bits per heavy atom. The van der Waals surface area contributed by atoms with Crippen LogP contribution < -0.4 is 5.32 Å². The van der Waals surface area contributed by atoms with Gasteiger partial charge in [-0.3, -0.25) is 4.79 Å². The molecule has 24 heavy (non-hydrogen) atoms. The molecule has 0 atom stereocenters. The van der Waals surface area contributed by atoms with Crippen molar-refractivity contribution >= 4 is 43.4 Å². The van der Waals surface area contributed by atoms with E-state index in [4.69, 9.17) is 4.74 Å². The molecule has 0 aliphatic carbocycles. The second-order valence-corrected chi connectivity index (χ2v) is 7.41. The number of thiophene rings is 1. The Kier molecular flexibility index (Phi) is 5.38. The number of fused-ring (bicyclic) bond motifs is 1. The van der Waals surface area contributed by atoms with Crippen molar-refractivity contribution in [1.29, 1.82) is 0 Å². The van der Waals surface area contributed by atoms with Gasteiger partial charge < -0.3 is 14.6 Å². The first-order valence-corrected chi connectivity index (χ1v) is 9.36. The van der Waals surface area contributed by atoms with E-state index in [0.717, 1.165) is 14.7 Å². The number of nitrogens with one attached hydrogen (secondary N) is 1. The van der Waals surface area contributed by atoms with E-state index < -0.39 is 0 Å². The minimum atomic E-state index is -0.0746. The molecule has 1 aromatic carbocycles. The van der Waals surface area contributed by atoms with E-state index in [-0.39, 0.29) is 5.91 Å². The molecular formula is C18H19BrN2O2S. The smallest absolute Gasteiger partial charge is 0.268 e. The summed E-state index contributed by atoms with van der Waals surface area (Å²) in [5.74, 6) is -0.0746. The number of nitrogens with zero attached hydrogens (tertiary/aromatic N) is 1. The molecule has 0 fully saturated rings. The Morgan fingerprint density at radius 1 is 1.33 bits per heavy atom. The van der Waals surface area contributed by atoms with Crippen molar-refractivity contribution in [2.45, 2.75) is 13.5 Å². The predicted molar refractivity (Wildman–Crippen MR) is 102 cm³/mol. The Bertz CT molecular complexity index is 852. The number of hydrogen-bond acceptors (Lipinski definition) is 3. The molecule has 4 nitrogen and oxygen atoms in total. The van der Waals surface area contributed by atoms with E-state index in [0.29, 0.717) is 25.4 Å². The minimum Gasteiger partial charge on any atom is -0.383 e. The van der Waals surface area contributed by atoms with Crippen molar-refractivity contribution in [2.24, 2.45) is 0 Å². The number of hydrogen-bond donors (Lipinski definition) is 1. The van der Waals surface area contributed by atoms with E-state index >= 15 is 0 Å². The van der Waals surface area contributed by atoms with Crippen LogP contribution in [-0.2, 0) is 11.3 Å². The molecule has 126 valence electrons. The molecule has 0 saturated heterocycles. The first-order chi connectivity index (χ1) is 11.6. The van der Waals surface area contributed by atoms with Crippen molar-refractivity contribution in [3.8, 4) is 0 Å². The molecule has 1 N–H and O–H groups in total. The summed E-state index contributed by atoms with van der Waals surface area (Å²) in [6.45, 7) is 3.73. The fourth-order valence-electron chi connectivity index (χ4n) is 2.62. The van der Waals surface area contributed by atoms with Gasteiger partial charge in [0, 0.05) is 25.6 Å². The highest BCUT2D eigenvalue weighted by molar-refractivity contribution is 9.10. The lowest BCUT2D eigenvalue weighted by molar-refractivity contribution is 0.0928. The fourth-order valence-corrected chi connectivity index (χ4v) is 4.31. The maximum atomic E-state index is 12.6. The molecule has 2 heterocycles. The molecule has 0 radical (unpaired) electrons. The second kappa shape index (κ2) is 7.51. The lowest BCUT2D eigenvalue weighted by Gasteiger charge is -2.11. The molecule has 2 aromatic heterocycles. The van der Waals surface area contributed by atoms with Gasteiger partial charge in [0.2, 0.25) is 0 Å². The van der Waals surface area contributed by atoms with Gasteiger partial charge in [-0.15, -0.1) is 11.3 Å². The zero-order valence-electron chi connectivity index (χ0n) is 13.6. The minimum absolute atomic E-state index is 0.0746. The molecule has 1 amide bonds. The molecule has 0 spiro atoms. The van der Waals surface area contributed by atoms with Gasteiger partial charge in [-0.1, -0.05) is 29.8 Å². The molecule has 3 aromatic rings. The standard InChI is InChI=1S/C18H19BrN2O2S/c1-12-3-5-13(6-4-12)10-21-15(18(22)20-7-8-23-2)9-16-17(21)14(19)11-24-16/h3-6,9,11H,7-8,10H2,1-2H3,(H,20,22). The lowest BCUT2D eigenvalue weighted by Crippen LogP contribution is -2.29. The van der Waals surface area contributed by atoms with Crippen molar-refractivity contribution in [3.63, 3.8) is 0 Å². The van der Waals surface area contributed by atoms with Crippen LogP contribution in [0.3, 0.4) is 0 Å². The van der Waals surface area contributed by atoms with Gasteiger partial charge in [0.05, 0.1) is 21.3 Å². The third-order valence-electron chi connectivity index (χ3n) is 3.86. The number of halogens is 1.